The van der Waals surface area contributed by atoms with Gasteiger partial charge in [0.25, 0.3) is 0 Å². The van der Waals surface area contributed by atoms with Crippen LogP contribution in [0.3, 0.4) is 0 Å². The maximum absolute atomic E-state index is 12.4. The number of carbonyl (C=O) groups is 2. The minimum atomic E-state index is -0.232. The summed E-state index contributed by atoms with van der Waals surface area (Å²) in [6.07, 6.45) is 1.73. The number of nitrogens with one attached hydrogen (secondary N) is 2. The molecule has 2 amide bonds. The summed E-state index contributed by atoms with van der Waals surface area (Å²) in [7, 11) is 0. The van der Waals surface area contributed by atoms with Gasteiger partial charge >= 0.3 is 0 Å². The largest absolute Gasteiger partial charge is 0.326 e. The normalized spacial score (nSPS) is 10.5. The zero-order valence-electron chi connectivity index (χ0n) is 16.3. The summed E-state index contributed by atoms with van der Waals surface area (Å²) in [6, 6.07) is 14.2. The van der Waals surface area contributed by atoms with E-state index >= 15 is 0 Å². The smallest absolute Gasteiger partial charge is 0.234 e. The van der Waals surface area contributed by atoms with Crippen molar-refractivity contribution in [2.75, 3.05) is 16.4 Å². The molecule has 0 unspecified atom stereocenters. The van der Waals surface area contributed by atoms with Gasteiger partial charge in [-0.25, -0.2) is 0 Å². The molecule has 0 saturated heterocycles. The lowest BCUT2D eigenvalue weighted by Crippen LogP contribution is -2.18. The van der Waals surface area contributed by atoms with Crippen molar-refractivity contribution in [3.05, 3.63) is 76.5 Å². The molecule has 0 aliphatic rings. The van der Waals surface area contributed by atoms with Crippen LogP contribution in [0.5, 0.6) is 0 Å². The Morgan fingerprint density at radius 3 is 2.29 bits per heavy atom. The van der Waals surface area contributed by atoms with Crippen LogP contribution in [0, 0.1) is 0 Å². The molecular weight excluding hydrogens is 502 g/mol. The molecular formula is C21H19BrClN5O2S. The highest BCUT2D eigenvalue weighted by atomic mass is 79.9. The zero-order chi connectivity index (χ0) is 22.2. The van der Waals surface area contributed by atoms with Crippen molar-refractivity contribution in [2.45, 2.75) is 18.1 Å². The molecule has 0 aliphatic heterocycles. The van der Waals surface area contributed by atoms with Crippen LogP contribution in [0.15, 0.2) is 70.8 Å². The van der Waals surface area contributed by atoms with Crippen molar-refractivity contribution >= 4 is 62.5 Å². The van der Waals surface area contributed by atoms with E-state index in [-0.39, 0.29) is 24.0 Å². The molecule has 1 aromatic heterocycles. The van der Waals surface area contributed by atoms with Gasteiger partial charge in [-0.1, -0.05) is 45.4 Å². The van der Waals surface area contributed by atoms with Gasteiger partial charge in [-0.2, -0.15) is 0 Å². The van der Waals surface area contributed by atoms with Crippen molar-refractivity contribution < 1.29 is 9.59 Å². The summed E-state index contributed by atoms with van der Waals surface area (Å²) >= 11 is 10.5. The van der Waals surface area contributed by atoms with Crippen molar-refractivity contribution in [2.24, 2.45) is 0 Å². The van der Waals surface area contributed by atoms with Gasteiger partial charge in [0.1, 0.15) is 5.82 Å². The average Bonchev–Trinajstić information content (AvgIpc) is 3.11. The Morgan fingerprint density at radius 1 is 1.03 bits per heavy atom. The predicted molar refractivity (Wildman–Crippen MR) is 128 cm³/mol. The second-order valence-electron chi connectivity index (χ2n) is 6.37. The van der Waals surface area contributed by atoms with Gasteiger partial charge in [-0.3, -0.25) is 9.59 Å². The number of allylic oxidation sites excluding steroid dienone is 1. The number of halogens is 2. The lowest BCUT2D eigenvalue weighted by atomic mass is 10.3. The molecule has 0 bridgehead atoms. The van der Waals surface area contributed by atoms with Crippen molar-refractivity contribution in [1.82, 2.24) is 14.8 Å². The van der Waals surface area contributed by atoms with Crippen molar-refractivity contribution in [1.29, 1.82) is 0 Å². The molecule has 0 atom stereocenters. The molecule has 7 nitrogen and oxygen atoms in total. The van der Waals surface area contributed by atoms with Crippen LogP contribution >= 0.6 is 39.3 Å². The van der Waals surface area contributed by atoms with E-state index in [1.807, 2.05) is 24.3 Å². The van der Waals surface area contributed by atoms with E-state index in [4.69, 9.17) is 11.6 Å². The molecule has 0 radical (unpaired) electrons. The summed E-state index contributed by atoms with van der Waals surface area (Å²) in [6.45, 7) is 4.17. The molecule has 10 heteroatoms. The number of rotatable bonds is 9. The van der Waals surface area contributed by atoms with Crippen LogP contribution in [0.1, 0.15) is 5.82 Å². The van der Waals surface area contributed by atoms with Crippen LogP contribution in [0.25, 0.3) is 0 Å². The first kappa shape index (κ1) is 23.1. The molecule has 1 heterocycles. The number of nitrogens with zero attached hydrogens (tertiary/aromatic N) is 3. The van der Waals surface area contributed by atoms with Crippen LogP contribution in [0.2, 0.25) is 5.02 Å². The van der Waals surface area contributed by atoms with E-state index in [1.54, 1.807) is 34.9 Å². The van der Waals surface area contributed by atoms with Gasteiger partial charge in [-0.05, 0) is 48.5 Å². The second kappa shape index (κ2) is 11.1. The third-order valence-electron chi connectivity index (χ3n) is 4.01. The fourth-order valence-electron chi connectivity index (χ4n) is 2.61. The molecule has 2 N–H and O–H groups in total. The van der Waals surface area contributed by atoms with Gasteiger partial charge in [0, 0.05) is 27.4 Å². The third kappa shape index (κ3) is 6.95. The lowest BCUT2D eigenvalue weighted by molar-refractivity contribution is -0.116. The van der Waals surface area contributed by atoms with Gasteiger partial charge in [0.05, 0.1) is 12.2 Å². The Hall–Kier alpha value is -2.62. The van der Waals surface area contributed by atoms with Crippen LogP contribution in [0.4, 0.5) is 11.4 Å². The van der Waals surface area contributed by atoms with Crippen LogP contribution < -0.4 is 10.6 Å². The second-order valence-corrected chi connectivity index (χ2v) is 8.67. The summed E-state index contributed by atoms with van der Waals surface area (Å²) < 4.78 is 2.71. The summed E-state index contributed by atoms with van der Waals surface area (Å²) in [5.41, 5.74) is 1.35. The van der Waals surface area contributed by atoms with Gasteiger partial charge < -0.3 is 15.2 Å². The number of hydrogen-bond donors (Lipinski definition) is 2. The Morgan fingerprint density at radius 2 is 1.65 bits per heavy atom. The highest BCUT2D eigenvalue weighted by molar-refractivity contribution is 9.10. The topological polar surface area (TPSA) is 88.9 Å². The van der Waals surface area contributed by atoms with Gasteiger partial charge in [0.2, 0.25) is 11.8 Å². The number of amides is 2. The zero-order valence-corrected chi connectivity index (χ0v) is 19.5. The highest BCUT2D eigenvalue weighted by Crippen LogP contribution is 2.20. The van der Waals surface area contributed by atoms with E-state index < -0.39 is 0 Å². The first-order valence-corrected chi connectivity index (χ1v) is 11.4. The molecule has 3 aromatic rings. The number of anilines is 2. The minimum absolute atomic E-state index is 0.0368. The van der Waals surface area contributed by atoms with Crippen LogP contribution in [-0.4, -0.2) is 32.3 Å². The molecule has 0 spiro atoms. The van der Waals surface area contributed by atoms with Crippen molar-refractivity contribution in [3.8, 4) is 0 Å². The SMILES string of the molecule is C=CCn1c(CC(=O)Nc2ccc(Cl)cc2)nnc1SCC(=O)Nc1ccc(Br)cc1. The summed E-state index contributed by atoms with van der Waals surface area (Å²) in [5, 5.41) is 15.0. The maximum atomic E-state index is 12.4. The van der Waals surface area contributed by atoms with E-state index in [0.29, 0.717) is 33.9 Å². The minimum Gasteiger partial charge on any atom is -0.326 e. The first-order chi connectivity index (χ1) is 14.9. The number of benzene rings is 2. The standard InChI is InChI=1S/C21H19BrClN5O2S/c1-2-11-28-18(12-19(29)24-17-9-5-15(23)6-10-17)26-27-21(28)31-13-20(30)25-16-7-3-14(22)4-8-16/h2-10H,1,11-13H2,(H,24,29)(H,25,30). The molecule has 3 rings (SSSR count). The Bertz CT molecular complexity index is 1070. The fourth-order valence-corrected chi connectivity index (χ4v) is 3.77. The van der Waals surface area contributed by atoms with Crippen LogP contribution in [-0.2, 0) is 22.6 Å². The fraction of sp³-hybridized carbons (Fsp3) is 0.143. The van der Waals surface area contributed by atoms with E-state index in [1.165, 1.54) is 11.8 Å². The molecule has 0 aliphatic carbocycles. The quantitative estimate of drug-likeness (QED) is 0.313. The summed E-state index contributed by atoms with van der Waals surface area (Å²) in [5.74, 6) is 0.247. The number of hydrogen-bond acceptors (Lipinski definition) is 5. The molecule has 0 fully saturated rings. The Labute approximate surface area is 197 Å². The van der Waals surface area contributed by atoms with E-state index in [9.17, 15) is 9.59 Å². The first-order valence-electron chi connectivity index (χ1n) is 9.21. The predicted octanol–water partition coefficient (Wildman–Crippen LogP) is 4.79. The summed E-state index contributed by atoms with van der Waals surface area (Å²) in [4.78, 5) is 24.7. The van der Waals surface area contributed by atoms with E-state index in [0.717, 1.165) is 4.47 Å². The molecule has 31 heavy (non-hydrogen) atoms. The Balaban J connectivity index is 1.60. The Kier molecular flexibility index (Phi) is 8.27. The maximum Gasteiger partial charge on any atom is 0.234 e. The van der Waals surface area contributed by atoms with Gasteiger partial charge in [-0.15, -0.1) is 16.8 Å². The van der Waals surface area contributed by atoms with Gasteiger partial charge in [0.15, 0.2) is 5.16 Å². The van der Waals surface area contributed by atoms with E-state index in [2.05, 4.69) is 43.3 Å². The number of thioether (sulfide) groups is 1. The van der Waals surface area contributed by atoms with Crippen molar-refractivity contribution in [3.63, 3.8) is 0 Å². The number of carbonyl (C=O) groups excluding carboxylic acids is 2. The monoisotopic (exact) mass is 519 g/mol. The number of aromatic nitrogens is 3. The highest BCUT2D eigenvalue weighted by Gasteiger charge is 2.16. The molecule has 160 valence electrons. The lowest BCUT2D eigenvalue weighted by Gasteiger charge is -2.09. The molecule has 0 saturated carbocycles. The molecule has 2 aromatic carbocycles. The average molecular weight is 521 g/mol. The third-order valence-corrected chi connectivity index (χ3v) is 5.76.